The third-order valence-corrected chi connectivity index (χ3v) is 6.63. The van der Waals surface area contributed by atoms with E-state index in [1.54, 1.807) is 13.3 Å². The Balaban J connectivity index is 1.91. The van der Waals surface area contributed by atoms with Crippen LogP contribution in [0.3, 0.4) is 0 Å². The molecule has 0 saturated carbocycles. The van der Waals surface area contributed by atoms with Crippen molar-refractivity contribution in [3.05, 3.63) is 112 Å². The Hall–Kier alpha value is -4.26. The lowest BCUT2D eigenvalue weighted by molar-refractivity contribution is -0.131. The van der Waals surface area contributed by atoms with E-state index >= 15 is 8.78 Å². The Bertz CT molecular complexity index is 1390. The number of benzene rings is 3. The summed E-state index contributed by atoms with van der Waals surface area (Å²) >= 11 is 0. The maximum atomic E-state index is 15.7. The lowest BCUT2D eigenvalue weighted by atomic mass is 9.84. The summed E-state index contributed by atoms with van der Waals surface area (Å²) < 4.78 is 31.3. The normalized spacial score (nSPS) is 15.9. The Morgan fingerprint density at radius 3 is 2.54 bits per heavy atom. The van der Waals surface area contributed by atoms with Crippen LogP contribution in [0.25, 0.3) is 11.6 Å². The van der Waals surface area contributed by atoms with Crippen LogP contribution in [-0.4, -0.2) is 30.9 Å². The second-order valence-corrected chi connectivity index (χ2v) is 8.82. The molecule has 5 nitrogen and oxygen atoms in total. The van der Waals surface area contributed by atoms with E-state index in [0.29, 0.717) is 13.0 Å². The molecule has 0 fully saturated rings. The first-order valence-corrected chi connectivity index (χ1v) is 12.1. The number of carboxylic acids is 1. The molecule has 0 aromatic heterocycles. The van der Waals surface area contributed by atoms with Crippen LogP contribution >= 0.6 is 0 Å². The highest BCUT2D eigenvalue weighted by molar-refractivity contribution is 6.09. The number of hydrogen-bond acceptors (Lipinski definition) is 4. The van der Waals surface area contributed by atoms with Gasteiger partial charge in [0.1, 0.15) is 11.6 Å². The van der Waals surface area contributed by atoms with Crippen molar-refractivity contribution in [2.75, 3.05) is 18.5 Å². The molecule has 190 valence electrons. The van der Waals surface area contributed by atoms with Crippen molar-refractivity contribution < 1.29 is 18.7 Å². The molecule has 1 aliphatic rings. The highest BCUT2D eigenvalue weighted by Crippen LogP contribution is 2.42. The number of anilines is 1. The Morgan fingerprint density at radius 1 is 1.16 bits per heavy atom. The second kappa shape index (κ2) is 11.2. The fourth-order valence-electron chi connectivity index (χ4n) is 4.95. The first-order valence-electron chi connectivity index (χ1n) is 12.1. The molecule has 1 atom stereocenters. The molecule has 0 aliphatic carbocycles. The van der Waals surface area contributed by atoms with Crippen molar-refractivity contribution >= 4 is 29.5 Å². The molecule has 3 aromatic carbocycles. The highest BCUT2D eigenvalue weighted by atomic mass is 19.1. The molecule has 3 N–H and O–H groups in total. The topological polar surface area (TPSA) is 78.9 Å². The SMILES string of the molecule is CCc1ccccc1N1CCc2cc(C(C=NC)=CN)ccc2C1c1c(F)cc(/C=C/C(=O)O)cc1F. The first-order chi connectivity index (χ1) is 17.9. The van der Waals surface area contributed by atoms with E-state index in [9.17, 15) is 4.79 Å². The third-order valence-electron chi connectivity index (χ3n) is 6.63. The average Bonchev–Trinajstić information content (AvgIpc) is 2.89. The highest BCUT2D eigenvalue weighted by Gasteiger charge is 2.34. The maximum absolute atomic E-state index is 15.7. The number of halogens is 2. The summed E-state index contributed by atoms with van der Waals surface area (Å²) in [6.45, 7) is 2.61. The van der Waals surface area contributed by atoms with Gasteiger partial charge in [-0.3, -0.25) is 4.99 Å². The van der Waals surface area contributed by atoms with Gasteiger partial charge in [0.25, 0.3) is 0 Å². The Labute approximate surface area is 215 Å². The van der Waals surface area contributed by atoms with Crippen LogP contribution in [-0.2, 0) is 17.6 Å². The minimum atomic E-state index is -1.19. The Kier molecular flexibility index (Phi) is 7.82. The monoisotopic (exact) mass is 501 g/mol. The summed E-state index contributed by atoms with van der Waals surface area (Å²) in [5, 5.41) is 8.90. The number of nitrogens with two attached hydrogens (primary N) is 1. The van der Waals surface area contributed by atoms with Crippen LogP contribution in [0, 0.1) is 11.6 Å². The second-order valence-electron chi connectivity index (χ2n) is 8.82. The summed E-state index contributed by atoms with van der Waals surface area (Å²) in [5.41, 5.74) is 11.3. The van der Waals surface area contributed by atoms with Crippen molar-refractivity contribution in [1.29, 1.82) is 0 Å². The fourth-order valence-corrected chi connectivity index (χ4v) is 4.95. The van der Waals surface area contributed by atoms with Crippen LogP contribution in [0.15, 0.2) is 71.9 Å². The van der Waals surface area contributed by atoms with Crippen molar-refractivity contribution in [3.63, 3.8) is 0 Å². The number of fused-ring (bicyclic) bond motifs is 1. The van der Waals surface area contributed by atoms with Crippen molar-refractivity contribution in [2.24, 2.45) is 10.7 Å². The summed E-state index contributed by atoms with van der Waals surface area (Å²) in [5.74, 6) is -2.65. The van der Waals surface area contributed by atoms with Crippen LogP contribution in [0.2, 0.25) is 0 Å². The molecule has 4 rings (SSSR count). The van der Waals surface area contributed by atoms with E-state index in [-0.39, 0.29) is 11.1 Å². The van der Waals surface area contributed by atoms with Gasteiger partial charge in [-0.2, -0.15) is 0 Å². The summed E-state index contributed by atoms with van der Waals surface area (Å²) in [7, 11) is 1.67. The van der Waals surface area contributed by atoms with E-state index < -0.39 is 23.6 Å². The van der Waals surface area contributed by atoms with Crippen molar-refractivity contribution in [2.45, 2.75) is 25.8 Å². The van der Waals surface area contributed by atoms with Gasteiger partial charge in [0.2, 0.25) is 0 Å². The van der Waals surface area contributed by atoms with Crippen LogP contribution in [0.1, 0.15) is 46.3 Å². The molecule has 1 unspecified atom stereocenters. The number of carbonyl (C=O) groups is 1. The number of aliphatic carboxylic acids is 1. The molecule has 1 aliphatic heterocycles. The zero-order valence-electron chi connectivity index (χ0n) is 20.8. The number of aryl methyl sites for hydroxylation is 1. The van der Waals surface area contributed by atoms with E-state index in [2.05, 4.69) is 16.8 Å². The minimum Gasteiger partial charge on any atom is -0.478 e. The third kappa shape index (κ3) is 5.31. The molecule has 37 heavy (non-hydrogen) atoms. The van der Waals surface area contributed by atoms with Gasteiger partial charge in [-0.1, -0.05) is 43.3 Å². The van der Waals surface area contributed by atoms with Gasteiger partial charge in [0.05, 0.1) is 11.6 Å². The summed E-state index contributed by atoms with van der Waals surface area (Å²) in [6, 6.07) is 15.3. The minimum absolute atomic E-state index is 0.0724. The molecule has 0 spiro atoms. The predicted octanol–water partition coefficient (Wildman–Crippen LogP) is 5.78. The zero-order chi connectivity index (χ0) is 26.5. The molecule has 0 amide bonds. The van der Waals surface area contributed by atoms with Crippen molar-refractivity contribution in [3.8, 4) is 0 Å². The zero-order valence-corrected chi connectivity index (χ0v) is 20.8. The van der Waals surface area contributed by atoms with E-state index in [4.69, 9.17) is 10.8 Å². The van der Waals surface area contributed by atoms with Gasteiger partial charge in [0, 0.05) is 43.3 Å². The van der Waals surface area contributed by atoms with Gasteiger partial charge >= 0.3 is 5.97 Å². The lowest BCUT2D eigenvalue weighted by Gasteiger charge is -2.40. The van der Waals surface area contributed by atoms with Gasteiger partial charge in [-0.05, 0) is 64.9 Å². The number of allylic oxidation sites excluding steroid dienone is 1. The lowest BCUT2D eigenvalue weighted by Crippen LogP contribution is -2.38. The van der Waals surface area contributed by atoms with Gasteiger partial charge < -0.3 is 15.7 Å². The molecule has 0 radical (unpaired) electrons. The van der Waals surface area contributed by atoms with E-state index in [0.717, 1.165) is 46.0 Å². The van der Waals surface area contributed by atoms with Crippen LogP contribution in [0.5, 0.6) is 0 Å². The first kappa shape index (κ1) is 25.8. The maximum Gasteiger partial charge on any atom is 0.328 e. The largest absolute Gasteiger partial charge is 0.478 e. The van der Waals surface area contributed by atoms with Crippen LogP contribution in [0.4, 0.5) is 14.5 Å². The van der Waals surface area contributed by atoms with Crippen LogP contribution < -0.4 is 10.6 Å². The smallest absolute Gasteiger partial charge is 0.328 e. The fraction of sp³-hybridized carbons (Fsp3) is 0.200. The number of hydrogen-bond donors (Lipinski definition) is 2. The molecule has 0 saturated heterocycles. The number of carboxylic acid groups (broad SMARTS) is 1. The number of nitrogens with zero attached hydrogens (tertiary/aromatic N) is 2. The average molecular weight is 502 g/mol. The Morgan fingerprint density at radius 2 is 1.89 bits per heavy atom. The molecule has 0 bridgehead atoms. The number of aliphatic imine (C=N–C) groups is 1. The van der Waals surface area contributed by atoms with E-state index in [1.807, 2.05) is 42.5 Å². The predicted molar refractivity (Wildman–Crippen MR) is 145 cm³/mol. The quantitative estimate of drug-likeness (QED) is 0.318. The molecule has 1 heterocycles. The van der Waals surface area contributed by atoms with Gasteiger partial charge in [0.15, 0.2) is 0 Å². The summed E-state index contributed by atoms with van der Waals surface area (Å²) in [6.07, 6.45) is 6.66. The molecule has 7 heteroatoms. The number of rotatable bonds is 7. The molecular formula is C30H29F2N3O2. The van der Waals surface area contributed by atoms with Gasteiger partial charge in [-0.25, -0.2) is 13.6 Å². The van der Waals surface area contributed by atoms with Gasteiger partial charge in [-0.15, -0.1) is 0 Å². The van der Waals surface area contributed by atoms with E-state index in [1.165, 1.54) is 24.4 Å². The number of para-hydroxylation sites is 1. The molecular weight excluding hydrogens is 472 g/mol. The molecule has 3 aromatic rings. The van der Waals surface area contributed by atoms with Crippen molar-refractivity contribution in [1.82, 2.24) is 0 Å². The standard InChI is InChI=1S/C30H29F2N3O2/c1-3-20-6-4-5-7-27(20)35-13-12-22-16-21(23(17-33)18-34-2)9-10-24(22)30(35)29-25(31)14-19(15-26(29)32)8-11-28(36)37/h4-11,14-18,30H,3,12-13,33H2,1-2H3,(H,36,37)/b11-8+,23-17?,34-18?. The summed E-state index contributed by atoms with van der Waals surface area (Å²) in [4.78, 5) is 17.0.